The van der Waals surface area contributed by atoms with Gasteiger partial charge in [0.05, 0.1) is 12.9 Å². The highest BCUT2D eigenvalue weighted by molar-refractivity contribution is 7.99. The summed E-state index contributed by atoms with van der Waals surface area (Å²) in [5.41, 5.74) is 2.86. The normalized spacial score (nSPS) is 10.4. The van der Waals surface area contributed by atoms with Crippen LogP contribution < -0.4 is 10.1 Å². The standard InChI is InChI=1S/C21H21N3O2S/c1-15-12-20(24-21(23-15)17-8-10-18(26-2)11-9-17)27-14-19(25)22-13-16-6-4-3-5-7-16/h3-12H,13-14H2,1-2H3,(H,22,25). The van der Waals surface area contributed by atoms with Gasteiger partial charge in [0, 0.05) is 17.8 Å². The molecule has 0 bridgehead atoms. The Morgan fingerprint density at radius 1 is 1.07 bits per heavy atom. The molecule has 0 atom stereocenters. The second-order valence-corrected chi connectivity index (χ2v) is 6.95. The molecule has 1 N–H and O–H groups in total. The average molecular weight is 379 g/mol. The zero-order valence-electron chi connectivity index (χ0n) is 15.3. The van der Waals surface area contributed by atoms with E-state index in [0.717, 1.165) is 27.6 Å². The van der Waals surface area contributed by atoms with Gasteiger partial charge in [0.15, 0.2) is 5.82 Å². The van der Waals surface area contributed by atoms with Crippen LogP contribution in [0, 0.1) is 6.92 Å². The summed E-state index contributed by atoms with van der Waals surface area (Å²) >= 11 is 1.41. The van der Waals surface area contributed by atoms with E-state index in [0.29, 0.717) is 18.1 Å². The molecule has 1 amide bonds. The van der Waals surface area contributed by atoms with Crippen LogP contribution in [0.2, 0.25) is 0 Å². The molecule has 3 aromatic rings. The molecule has 138 valence electrons. The molecule has 0 saturated carbocycles. The molecule has 0 aliphatic heterocycles. The van der Waals surface area contributed by atoms with Gasteiger partial charge >= 0.3 is 0 Å². The number of hydrogen-bond acceptors (Lipinski definition) is 5. The molecule has 3 rings (SSSR count). The van der Waals surface area contributed by atoms with Crippen LogP contribution in [0.5, 0.6) is 5.75 Å². The van der Waals surface area contributed by atoms with Gasteiger partial charge in [-0.2, -0.15) is 0 Å². The number of amides is 1. The van der Waals surface area contributed by atoms with Crippen molar-refractivity contribution in [3.8, 4) is 17.1 Å². The third-order valence-corrected chi connectivity index (χ3v) is 4.77. The van der Waals surface area contributed by atoms with E-state index in [1.807, 2.05) is 67.6 Å². The number of benzene rings is 2. The van der Waals surface area contributed by atoms with Gasteiger partial charge in [-0.15, -0.1) is 0 Å². The van der Waals surface area contributed by atoms with E-state index in [-0.39, 0.29) is 5.91 Å². The minimum Gasteiger partial charge on any atom is -0.497 e. The van der Waals surface area contributed by atoms with Crippen LogP contribution in [0.4, 0.5) is 0 Å². The summed E-state index contributed by atoms with van der Waals surface area (Å²) in [6.07, 6.45) is 0. The van der Waals surface area contributed by atoms with Gasteiger partial charge in [0.2, 0.25) is 5.91 Å². The minimum atomic E-state index is -0.0221. The smallest absolute Gasteiger partial charge is 0.230 e. The van der Waals surface area contributed by atoms with Crippen molar-refractivity contribution in [3.63, 3.8) is 0 Å². The summed E-state index contributed by atoms with van der Waals surface area (Å²) in [6.45, 7) is 2.45. The van der Waals surface area contributed by atoms with E-state index in [1.54, 1.807) is 7.11 Å². The van der Waals surface area contributed by atoms with Crippen molar-refractivity contribution in [2.24, 2.45) is 0 Å². The van der Waals surface area contributed by atoms with E-state index < -0.39 is 0 Å². The Morgan fingerprint density at radius 3 is 2.52 bits per heavy atom. The van der Waals surface area contributed by atoms with Crippen molar-refractivity contribution in [1.29, 1.82) is 0 Å². The molecule has 0 saturated heterocycles. The molecular weight excluding hydrogens is 358 g/mol. The summed E-state index contributed by atoms with van der Waals surface area (Å²) in [7, 11) is 1.63. The van der Waals surface area contributed by atoms with Crippen molar-refractivity contribution in [3.05, 3.63) is 71.9 Å². The number of thioether (sulfide) groups is 1. The number of carbonyl (C=O) groups is 1. The molecule has 0 spiro atoms. The zero-order valence-corrected chi connectivity index (χ0v) is 16.1. The lowest BCUT2D eigenvalue weighted by Crippen LogP contribution is -2.24. The highest BCUT2D eigenvalue weighted by Crippen LogP contribution is 2.23. The second-order valence-electron chi connectivity index (χ2n) is 5.95. The summed E-state index contributed by atoms with van der Waals surface area (Å²) < 4.78 is 5.18. The van der Waals surface area contributed by atoms with Crippen LogP contribution in [0.25, 0.3) is 11.4 Å². The third-order valence-electron chi connectivity index (χ3n) is 3.86. The van der Waals surface area contributed by atoms with Crippen LogP contribution in [-0.4, -0.2) is 28.7 Å². The number of aromatic nitrogens is 2. The maximum Gasteiger partial charge on any atom is 0.230 e. The molecule has 0 aliphatic rings. The fourth-order valence-electron chi connectivity index (χ4n) is 2.47. The molecule has 0 aliphatic carbocycles. The highest BCUT2D eigenvalue weighted by atomic mass is 32.2. The van der Waals surface area contributed by atoms with Crippen molar-refractivity contribution >= 4 is 17.7 Å². The largest absolute Gasteiger partial charge is 0.497 e. The number of carbonyl (C=O) groups excluding carboxylic acids is 1. The highest BCUT2D eigenvalue weighted by Gasteiger charge is 2.08. The van der Waals surface area contributed by atoms with Gasteiger partial charge in [-0.1, -0.05) is 42.1 Å². The van der Waals surface area contributed by atoms with Crippen molar-refractivity contribution in [2.75, 3.05) is 12.9 Å². The number of methoxy groups -OCH3 is 1. The summed E-state index contributed by atoms with van der Waals surface area (Å²) in [5, 5.41) is 3.71. The number of rotatable bonds is 7. The number of nitrogens with one attached hydrogen (secondary N) is 1. The van der Waals surface area contributed by atoms with E-state index in [4.69, 9.17) is 4.74 Å². The van der Waals surface area contributed by atoms with Crippen molar-refractivity contribution in [1.82, 2.24) is 15.3 Å². The molecule has 0 unspecified atom stereocenters. The first-order valence-corrected chi connectivity index (χ1v) is 9.56. The van der Waals surface area contributed by atoms with E-state index in [1.165, 1.54) is 11.8 Å². The maximum atomic E-state index is 12.1. The monoisotopic (exact) mass is 379 g/mol. The first-order valence-electron chi connectivity index (χ1n) is 8.57. The predicted molar refractivity (Wildman–Crippen MR) is 108 cm³/mol. The maximum absolute atomic E-state index is 12.1. The van der Waals surface area contributed by atoms with Gasteiger partial charge in [0.25, 0.3) is 0 Å². The molecule has 1 heterocycles. The lowest BCUT2D eigenvalue weighted by Gasteiger charge is -2.08. The van der Waals surface area contributed by atoms with Crippen molar-refractivity contribution < 1.29 is 9.53 Å². The van der Waals surface area contributed by atoms with Crippen LogP contribution >= 0.6 is 11.8 Å². The Kier molecular flexibility index (Phi) is 6.44. The van der Waals surface area contributed by atoms with Crippen LogP contribution in [-0.2, 0) is 11.3 Å². The Labute approximate surface area is 163 Å². The zero-order chi connectivity index (χ0) is 19.1. The van der Waals surface area contributed by atoms with Crippen molar-refractivity contribution in [2.45, 2.75) is 18.5 Å². The topological polar surface area (TPSA) is 64.1 Å². The lowest BCUT2D eigenvalue weighted by atomic mass is 10.2. The lowest BCUT2D eigenvalue weighted by molar-refractivity contribution is -0.118. The van der Waals surface area contributed by atoms with E-state index in [2.05, 4.69) is 15.3 Å². The first kappa shape index (κ1) is 18.9. The Morgan fingerprint density at radius 2 is 1.81 bits per heavy atom. The SMILES string of the molecule is COc1ccc(-c2nc(C)cc(SCC(=O)NCc3ccccc3)n2)cc1. The molecule has 0 fully saturated rings. The molecular formula is C21H21N3O2S. The van der Waals surface area contributed by atoms with Gasteiger partial charge in [-0.05, 0) is 42.8 Å². The van der Waals surface area contributed by atoms with E-state index in [9.17, 15) is 4.79 Å². The van der Waals surface area contributed by atoms with Gasteiger partial charge in [-0.25, -0.2) is 9.97 Å². The van der Waals surface area contributed by atoms with Gasteiger partial charge in [-0.3, -0.25) is 4.79 Å². The average Bonchev–Trinajstić information content (AvgIpc) is 2.71. The molecule has 27 heavy (non-hydrogen) atoms. The summed E-state index contributed by atoms with van der Waals surface area (Å²) in [6, 6.07) is 19.4. The van der Waals surface area contributed by atoms with Crippen LogP contribution in [0.1, 0.15) is 11.3 Å². The summed E-state index contributed by atoms with van der Waals surface area (Å²) in [5.74, 6) is 1.72. The van der Waals surface area contributed by atoms with Gasteiger partial charge < -0.3 is 10.1 Å². The number of ether oxygens (including phenoxy) is 1. The Bertz CT molecular complexity index is 899. The molecule has 0 radical (unpaired) electrons. The molecule has 6 heteroatoms. The molecule has 1 aromatic heterocycles. The molecule has 2 aromatic carbocycles. The fraction of sp³-hybridized carbons (Fsp3) is 0.190. The van der Waals surface area contributed by atoms with Gasteiger partial charge in [0.1, 0.15) is 10.8 Å². The number of aryl methyl sites for hydroxylation is 1. The minimum absolute atomic E-state index is 0.0221. The first-order chi connectivity index (χ1) is 13.1. The Balaban J connectivity index is 1.61. The fourth-order valence-corrected chi connectivity index (χ4v) is 3.26. The predicted octanol–water partition coefficient (Wildman–Crippen LogP) is 3.87. The van der Waals surface area contributed by atoms with Crippen LogP contribution in [0.3, 0.4) is 0 Å². The summed E-state index contributed by atoms with van der Waals surface area (Å²) in [4.78, 5) is 21.2. The quantitative estimate of drug-likeness (QED) is 0.499. The third kappa shape index (κ3) is 5.56. The number of hydrogen-bond donors (Lipinski definition) is 1. The second kappa shape index (κ2) is 9.19. The number of nitrogens with zero attached hydrogens (tertiary/aromatic N) is 2. The van der Waals surface area contributed by atoms with Crippen LogP contribution in [0.15, 0.2) is 65.7 Å². The molecule has 5 nitrogen and oxygen atoms in total. The van der Waals surface area contributed by atoms with E-state index >= 15 is 0 Å². The Hall–Kier alpha value is -2.86.